The Hall–Kier alpha value is -3.61. The molecule has 138 valence electrons. The van der Waals surface area contributed by atoms with Crippen molar-refractivity contribution in [1.82, 2.24) is 9.97 Å². The van der Waals surface area contributed by atoms with Gasteiger partial charge >= 0.3 is 5.97 Å². The summed E-state index contributed by atoms with van der Waals surface area (Å²) in [6.07, 6.45) is 1.68. The molecule has 1 heterocycles. The van der Waals surface area contributed by atoms with Crippen LogP contribution in [0.1, 0.15) is 10.4 Å². The Kier molecular flexibility index (Phi) is 5.51. The third kappa shape index (κ3) is 4.72. The van der Waals surface area contributed by atoms with Gasteiger partial charge in [-0.15, -0.1) is 0 Å². The zero-order valence-corrected chi connectivity index (χ0v) is 15.4. The van der Waals surface area contributed by atoms with E-state index in [1.807, 2.05) is 43.3 Å². The summed E-state index contributed by atoms with van der Waals surface area (Å²) in [6, 6.07) is 16.8. The maximum Gasteiger partial charge on any atom is 0.337 e. The summed E-state index contributed by atoms with van der Waals surface area (Å²) < 4.78 is 4.69. The van der Waals surface area contributed by atoms with Gasteiger partial charge in [0.1, 0.15) is 5.82 Å². The SMILES string of the molecule is COC(=O)c1ccc(Nc2nccc(Nc3ccc(N(C)C)cc3)n2)cc1. The summed E-state index contributed by atoms with van der Waals surface area (Å²) in [5, 5.41) is 6.37. The molecule has 0 spiro atoms. The number of benzene rings is 2. The average Bonchev–Trinajstić information content (AvgIpc) is 2.68. The molecule has 3 aromatic rings. The molecule has 2 aromatic carbocycles. The highest BCUT2D eigenvalue weighted by atomic mass is 16.5. The molecule has 0 saturated heterocycles. The number of carbonyl (C=O) groups excluding carboxylic acids is 1. The number of ether oxygens (including phenoxy) is 1. The van der Waals surface area contributed by atoms with E-state index >= 15 is 0 Å². The third-order valence-corrected chi connectivity index (χ3v) is 3.87. The number of hydrogen-bond acceptors (Lipinski definition) is 7. The molecule has 27 heavy (non-hydrogen) atoms. The second kappa shape index (κ2) is 8.18. The Morgan fingerprint density at radius 3 is 2.19 bits per heavy atom. The van der Waals surface area contributed by atoms with E-state index in [1.54, 1.807) is 36.5 Å². The van der Waals surface area contributed by atoms with Gasteiger partial charge in [-0.1, -0.05) is 0 Å². The fourth-order valence-electron chi connectivity index (χ4n) is 2.42. The van der Waals surface area contributed by atoms with Gasteiger partial charge in [0.2, 0.25) is 5.95 Å². The van der Waals surface area contributed by atoms with Crippen molar-refractivity contribution in [3.05, 3.63) is 66.4 Å². The molecule has 0 aliphatic carbocycles. The number of hydrogen-bond donors (Lipinski definition) is 2. The first-order valence-corrected chi connectivity index (χ1v) is 8.38. The van der Waals surface area contributed by atoms with Crippen molar-refractivity contribution in [2.75, 3.05) is 36.7 Å². The molecule has 0 amide bonds. The molecule has 0 atom stereocenters. The second-order valence-electron chi connectivity index (χ2n) is 6.03. The van der Waals surface area contributed by atoms with Gasteiger partial charge in [0.25, 0.3) is 0 Å². The van der Waals surface area contributed by atoms with E-state index < -0.39 is 0 Å². The molecule has 0 unspecified atom stereocenters. The fourth-order valence-corrected chi connectivity index (χ4v) is 2.42. The van der Waals surface area contributed by atoms with Gasteiger partial charge in [0.05, 0.1) is 12.7 Å². The first-order chi connectivity index (χ1) is 13.0. The molecule has 0 saturated carbocycles. The Labute approximate surface area is 158 Å². The monoisotopic (exact) mass is 363 g/mol. The van der Waals surface area contributed by atoms with Crippen LogP contribution in [0, 0.1) is 0 Å². The van der Waals surface area contributed by atoms with Gasteiger partial charge in [-0.25, -0.2) is 9.78 Å². The lowest BCUT2D eigenvalue weighted by Crippen LogP contribution is -2.08. The highest BCUT2D eigenvalue weighted by Gasteiger charge is 2.06. The number of anilines is 5. The van der Waals surface area contributed by atoms with Crippen LogP contribution < -0.4 is 15.5 Å². The van der Waals surface area contributed by atoms with E-state index in [0.717, 1.165) is 17.1 Å². The number of rotatable bonds is 6. The van der Waals surface area contributed by atoms with Crippen molar-refractivity contribution < 1.29 is 9.53 Å². The largest absolute Gasteiger partial charge is 0.465 e. The van der Waals surface area contributed by atoms with Crippen molar-refractivity contribution in [2.45, 2.75) is 0 Å². The maximum atomic E-state index is 11.5. The zero-order chi connectivity index (χ0) is 19.2. The van der Waals surface area contributed by atoms with Crippen molar-refractivity contribution >= 4 is 34.8 Å². The minimum absolute atomic E-state index is 0.371. The molecule has 0 aliphatic heterocycles. The molecule has 0 radical (unpaired) electrons. The van der Waals surface area contributed by atoms with Crippen molar-refractivity contribution in [3.8, 4) is 0 Å². The Bertz CT molecular complexity index is 908. The Morgan fingerprint density at radius 2 is 1.56 bits per heavy atom. The van der Waals surface area contributed by atoms with Gasteiger partial charge in [-0.05, 0) is 54.6 Å². The predicted molar refractivity (Wildman–Crippen MR) is 107 cm³/mol. The Balaban J connectivity index is 1.69. The molecule has 3 rings (SSSR count). The number of methoxy groups -OCH3 is 1. The highest BCUT2D eigenvalue weighted by Crippen LogP contribution is 2.20. The third-order valence-electron chi connectivity index (χ3n) is 3.87. The molecular weight excluding hydrogens is 342 g/mol. The molecule has 7 nitrogen and oxygen atoms in total. The van der Waals surface area contributed by atoms with E-state index in [2.05, 4.69) is 20.6 Å². The van der Waals surface area contributed by atoms with Crippen LogP contribution in [0.2, 0.25) is 0 Å². The summed E-state index contributed by atoms with van der Waals surface area (Å²) in [5.41, 5.74) is 3.32. The molecule has 2 N–H and O–H groups in total. The van der Waals surface area contributed by atoms with Crippen molar-refractivity contribution in [3.63, 3.8) is 0 Å². The second-order valence-corrected chi connectivity index (χ2v) is 6.03. The number of carbonyl (C=O) groups is 1. The number of aromatic nitrogens is 2. The summed E-state index contributed by atoms with van der Waals surface area (Å²) in [7, 11) is 5.36. The highest BCUT2D eigenvalue weighted by molar-refractivity contribution is 5.89. The standard InChI is InChI=1S/C20H21N5O2/c1-25(2)17-10-8-15(9-11-17)22-18-12-13-21-20(24-18)23-16-6-4-14(5-7-16)19(26)27-3/h4-13H,1-3H3,(H2,21,22,23,24). The van der Waals surface area contributed by atoms with E-state index in [4.69, 9.17) is 4.74 Å². The molecule has 7 heteroatoms. The lowest BCUT2D eigenvalue weighted by atomic mass is 10.2. The topological polar surface area (TPSA) is 79.4 Å². The van der Waals surface area contributed by atoms with Crippen LogP contribution in [0.4, 0.5) is 28.8 Å². The van der Waals surface area contributed by atoms with E-state index in [0.29, 0.717) is 17.3 Å². The van der Waals surface area contributed by atoms with Crippen molar-refractivity contribution in [1.29, 1.82) is 0 Å². The van der Waals surface area contributed by atoms with Gasteiger partial charge in [0.15, 0.2) is 0 Å². The lowest BCUT2D eigenvalue weighted by Gasteiger charge is -2.13. The van der Waals surface area contributed by atoms with Gasteiger partial charge in [-0.2, -0.15) is 4.98 Å². The van der Waals surface area contributed by atoms with Crippen LogP contribution in [-0.4, -0.2) is 37.1 Å². The van der Waals surface area contributed by atoms with Crippen LogP contribution in [0.15, 0.2) is 60.8 Å². The quantitative estimate of drug-likeness (QED) is 0.645. The van der Waals surface area contributed by atoms with Crippen molar-refractivity contribution in [2.24, 2.45) is 0 Å². The van der Waals surface area contributed by atoms with Crippen LogP contribution in [-0.2, 0) is 4.74 Å². The normalized spacial score (nSPS) is 10.2. The van der Waals surface area contributed by atoms with E-state index in [1.165, 1.54) is 7.11 Å². The average molecular weight is 363 g/mol. The summed E-state index contributed by atoms with van der Waals surface area (Å²) >= 11 is 0. The maximum absolute atomic E-state index is 11.5. The lowest BCUT2D eigenvalue weighted by molar-refractivity contribution is 0.0601. The van der Waals surface area contributed by atoms with Crippen LogP contribution in [0.25, 0.3) is 0 Å². The summed E-state index contributed by atoms with van der Waals surface area (Å²) in [6.45, 7) is 0. The fraction of sp³-hybridized carbons (Fsp3) is 0.150. The molecule has 0 bridgehead atoms. The first kappa shape index (κ1) is 18.2. The smallest absolute Gasteiger partial charge is 0.337 e. The number of nitrogens with one attached hydrogen (secondary N) is 2. The first-order valence-electron chi connectivity index (χ1n) is 8.38. The number of nitrogens with zero attached hydrogens (tertiary/aromatic N) is 3. The van der Waals surface area contributed by atoms with Crippen LogP contribution in [0.5, 0.6) is 0 Å². The molecule has 0 aliphatic rings. The predicted octanol–water partition coefficient (Wildman–Crippen LogP) is 3.82. The van der Waals surface area contributed by atoms with Crippen LogP contribution in [0.3, 0.4) is 0 Å². The minimum Gasteiger partial charge on any atom is -0.465 e. The van der Waals surface area contributed by atoms with E-state index in [-0.39, 0.29) is 5.97 Å². The summed E-state index contributed by atoms with van der Waals surface area (Å²) in [5.74, 6) is 0.760. The molecular formula is C20H21N5O2. The number of esters is 1. The van der Waals surface area contributed by atoms with Gasteiger partial charge in [-0.3, -0.25) is 0 Å². The molecule has 1 aromatic heterocycles. The Morgan fingerprint density at radius 1 is 0.926 bits per heavy atom. The van der Waals surface area contributed by atoms with Gasteiger partial charge < -0.3 is 20.3 Å². The van der Waals surface area contributed by atoms with Gasteiger partial charge in [0, 0.05) is 37.4 Å². The van der Waals surface area contributed by atoms with E-state index in [9.17, 15) is 4.79 Å². The summed E-state index contributed by atoms with van der Waals surface area (Å²) in [4.78, 5) is 22.2. The van der Waals surface area contributed by atoms with Crippen LogP contribution >= 0.6 is 0 Å². The minimum atomic E-state index is -0.371. The zero-order valence-electron chi connectivity index (χ0n) is 15.4. The molecule has 0 fully saturated rings.